The number of carbonyl (C=O) groups is 2. The molecule has 4 aromatic carbocycles. The molecule has 0 bridgehead atoms. The van der Waals surface area contributed by atoms with Crippen LogP contribution in [0.3, 0.4) is 0 Å². The fraction of sp³-hybridized carbons (Fsp3) is 0.278. The molecule has 0 radical (unpaired) electrons. The van der Waals surface area contributed by atoms with Crippen LogP contribution in [0.1, 0.15) is 42.5 Å². The SMILES string of the molecule is CCC(C)NC(=O)C(Cc1ccccc1)N(Cc1ccc(Cl)cc1)C(=O)CN(c1ccc(C)cc1)S(=O)(=O)c1ccc(C)cc1. The summed E-state index contributed by atoms with van der Waals surface area (Å²) in [5, 5.41) is 3.59. The Morgan fingerprint density at radius 1 is 0.800 bits per heavy atom. The lowest BCUT2D eigenvalue weighted by Gasteiger charge is -2.34. The van der Waals surface area contributed by atoms with E-state index in [-0.39, 0.29) is 29.8 Å². The van der Waals surface area contributed by atoms with Gasteiger partial charge in [0.05, 0.1) is 10.6 Å². The topological polar surface area (TPSA) is 86.8 Å². The molecule has 9 heteroatoms. The molecule has 236 valence electrons. The number of carbonyl (C=O) groups excluding carboxylic acids is 2. The van der Waals surface area contributed by atoms with Crippen molar-refractivity contribution in [3.8, 4) is 0 Å². The Bertz CT molecular complexity index is 1680. The molecule has 4 rings (SSSR count). The summed E-state index contributed by atoms with van der Waals surface area (Å²) in [5.41, 5.74) is 3.84. The molecule has 2 amide bonds. The number of hydrogen-bond donors (Lipinski definition) is 1. The molecule has 1 N–H and O–H groups in total. The van der Waals surface area contributed by atoms with Gasteiger partial charge in [0.15, 0.2) is 0 Å². The fourth-order valence-electron chi connectivity index (χ4n) is 4.86. The third kappa shape index (κ3) is 8.96. The largest absolute Gasteiger partial charge is 0.352 e. The molecular formula is C36H40ClN3O4S. The van der Waals surface area contributed by atoms with Gasteiger partial charge in [-0.3, -0.25) is 13.9 Å². The molecule has 0 heterocycles. The number of hydrogen-bond acceptors (Lipinski definition) is 4. The highest BCUT2D eigenvalue weighted by Gasteiger charge is 2.35. The molecule has 0 saturated heterocycles. The van der Waals surface area contributed by atoms with Crippen molar-refractivity contribution in [1.29, 1.82) is 0 Å². The number of nitrogens with one attached hydrogen (secondary N) is 1. The van der Waals surface area contributed by atoms with E-state index in [2.05, 4.69) is 5.32 Å². The molecule has 0 fully saturated rings. The molecule has 0 aliphatic rings. The van der Waals surface area contributed by atoms with Crippen molar-refractivity contribution in [2.75, 3.05) is 10.8 Å². The van der Waals surface area contributed by atoms with Crippen LogP contribution in [0.4, 0.5) is 5.69 Å². The van der Waals surface area contributed by atoms with E-state index in [0.717, 1.165) is 26.6 Å². The van der Waals surface area contributed by atoms with Gasteiger partial charge in [-0.15, -0.1) is 0 Å². The average Bonchev–Trinajstić information content (AvgIpc) is 3.03. The highest BCUT2D eigenvalue weighted by atomic mass is 35.5. The second-order valence-electron chi connectivity index (χ2n) is 11.3. The molecule has 7 nitrogen and oxygen atoms in total. The van der Waals surface area contributed by atoms with Crippen LogP contribution in [0.25, 0.3) is 0 Å². The van der Waals surface area contributed by atoms with Crippen LogP contribution in [-0.4, -0.2) is 43.8 Å². The zero-order valence-corrected chi connectivity index (χ0v) is 27.7. The fourth-order valence-corrected chi connectivity index (χ4v) is 6.40. The highest BCUT2D eigenvalue weighted by Crippen LogP contribution is 2.26. The number of rotatable bonds is 13. The average molecular weight is 646 g/mol. The molecule has 0 aromatic heterocycles. The first-order valence-corrected chi connectivity index (χ1v) is 16.8. The molecule has 2 atom stereocenters. The highest BCUT2D eigenvalue weighted by molar-refractivity contribution is 7.92. The molecule has 0 spiro atoms. The first-order valence-electron chi connectivity index (χ1n) is 15.0. The number of sulfonamides is 1. The lowest BCUT2D eigenvalue weighted by atomic mass is 10.0. The van der Waals surface area contributed by atoms with Crippen LogP contribution in [0.2, 0.25) is 5.02 Å². The van der Waals surface area contributed by atoms with E-state index in [1.54, 1.807) is 72.8 Å². The van der Waals surface area contributed by atoms with Gasteiger partial charge in [-0.1, -0.05) is 96.4 Å². The summed E-state index contributed by atoms with van der Waals surface area (Å²) in [6, 6.07) is 29.0. The van der Waals surface area contributed by atoms with Gasteiger partial charge >= 0.3 is 0 Å². The zero-order chi connectivity index (χ0) is 32.6. The maximum Gasteiger partial charge on any atom is 0.264 e. The Morgan fingerprint density at radius 2 is 1.38 bits per heavy atom. The third-order valence-corrected chi connectivity index (χ3v) is 9.79. The van der Waals surface area contributed by atoms with Gasteiger partial charge in [-0.2, -0.15) is 0 Å². The smallest absolute Gasteiger partial charge is 0.264 e. The molecule has 0 aliphatic carbocycles. The van der Waals surface area contributed by atoms with Crippen molar-refractivity contribution < 1.29 is 18.0 Å². The Hall–Kier alpha value is -4.14. The standard InChI is InChI=1S/C36H40ClN3O4S/c1-5-28(4)38-36(42)34(23-29-9-7-6-8-10-29)39(24-30-15-17-31(37)18-16-30)35(41)25-40(32-19-11-26(2)12-20-32)45(43,44)33-21-13-27(3)14-22-33/h6-22,28,34H,5,23-25H2,1-4H3,(H,38,42). The monoisotopic (exact) mass is 645 g/mol. The number of amides is 2. The van der Waals surface area contributed by atoms with Gasteiger partial charge < -0.3 is 10.2 Å². The zero-order valence-electron chi connectivity index (χ0n) is 26.1. The van der Waals surface area contributed by atoms with Crippen molar-refractivity contribution in [3.05, 3.63) is 130 Å². The minimum Gasteiger partial charge on any atom is -0.352 e. The van der Waals surface area contributed by atoms with E-state index in [1.807, 2.05) is 58.0 Å². The van der Waals surface area contributed by atoms with Crippen molar-refractivity contribution >= 4 is 39.1 Å². The second-order valence-corrected chi connectivity index (χ2v) is 13.6. The predicted molar refractivity (Wildman–Crippen MR) is 181 cm³/mol. The quantitative estimate of drug-likeness (QED) is 0.175. The summed E-state index contributed by atoms with van der Waals surface area (Å²) >= 11 is 6.15. The number of halogens is 1. The van der Waals surface area contributed by atoms with Gasteiger partial charge in [-0.05, 0) is 74.7 Å². The van der Waals surface area contributed by atoms with Gasteiger partial charge in [0.2, 0.25) is 11.8 Å². The van der Waals surface area contributed by atoms with Crippen LogP contribution in [0.5, 0.6) is 0 Å². The summed E-state index contributed by atoms with van der Waals surface area (Å²) < 4.78 is 29.4. The van der Waals surface area contributed by atoms with Crippen LogP contribution >= 0.6 is 11.6 Å². The first-order chi connectivity index (χ1) is 21.5. The number of aryl methyl sites for hydroxylation is 2. The predicted octanol–water partition coefficient (Wildman–Crippen LogP) is 6.71. The summed E-state index contributed by atoms with van der Waals surface area (Å²) in [7, 11) is -4.15. The van der Waals surface area contributed by atoms with Crippen molar-refractivity contribution in [2.24, 2.45) is 0 Å². The van der Waals surface area contributed by atoms with Crippen molar-refractivity contribution in [1.82, 2.24) is 10.2 Å². The van der Waals surface area contributed by atoms with Gasteiger partial charge in [0.25, 0.3) is 10.0 Å². The lowest BCUT2D eigenvalue weighted by molar-refractivity contribution is -0.140. The Morgan fingerprint density at radius 3 is 1.96 bits per heavy atom. The van der Waals surface area contributed by atoms with Gasteiger partial charge in [0.1, 0.15) is 12.6 Å². The molecule has 2 unspecified atom stereocenters. The molecule has 0 aliphatic heterocycles. The minimum atomic E-state index is -4.15. The van der Waals surface area contributed by atoms with E-state index in [1.165, 1.54) is 4.90 Å². The van der Waals surface area contributed by atoms with E-state index in [0.29, 0.717) is 17.1 Å². The van der Waals surface area contributed by atoms with Gasteiger partial charge in [0, 0.05) is 24.0 Å². The minimum absolute atomic E-state index is 0.0704. The maximum absolute atomic E-state index is 14.5. The van der Waals surface area contributed by atoms with E-state index >= 15 is 0 Å². The van der Waals surface area contributed by atoms with E-state index in [4.69, 9.17) is 11.6 Å². The van der Waals surface area contributed by atoms with Crippen LogP contribution in [0, 0.1) is 13.8 Å². The molecule has 45 heavy (non-hydrogen) atoms. The van der Waals surface area contributed by atoms with Crippen molar-refractivity contribution in [3.63, 3.8) is 0 Å². The number of anilines is 1. The maximum atomic E-state index is 14.5. The van der Waals surface area contributed by atoms with Crippen LogP contribution < -0.4 is 9.62 Å². The Balaban J connectivity index is 1.80. The summed E-state index contributed by atoms with van der Waals surface area (Å²) in [6.07, 6.45) is 0.961. The Kier molecular flexibility index (Phi) is 11.4. The molecular weight excluding hydrogens is 606 g/mol. The summed E-state index contributed by atoms with van der Waals surface area (Å²) in [6.45, 7) is 7.25. The number of nitrogens with zero attached hydrogens (tertiary/aromatic N) is 2. The van der Waals surface area contributed by atoms with Crippen LogP contribution in [0.15, 0.2) is 108 Å². The normalized spacial score (nSPS) is 12.6. The summed E-state index contributed by atoms with van der Waals surface area (Å²) in [5.74, 6) is -0.819. The van der Waals surface area contributed by atoms with Gasteiger partial charge in [-0.25, -0.2) is 8.42 Å². The molecule has 4 aromatic rings. The molecule has 0 saturated carbocycles. The number of benzene rings is 4. The van der Waals surface area contributed by atoms with Crippen molar-refractivity contribution in [2.45, 2.75) is 64.1 Å². The Labute approximate surface area is 271 Å². The third-order valence-electron chi connectivity index (χ3n) is 7.75. The van der Waals surface area contributed by atoms with E-state index in [9.17, 15) is 18.0 Å². The first kappa shape index (κ1) is 33.7. The van der Waals surface area contributed by atoms with E-state index < -0.39 is 28.5 Å². The summed E-state index contributed by atoms with van der Waals surface area (Å²) in [4.78, 5) is 30.0. The van der Waals surface area contributed by atoms with Crippen LogP contribution in [-0.2, 0) is 32.6 Å². The lowest BCUT2D eigenvalue weighted by Crippen LogP contribution is -2.54. The second kappa shape index (κ2) is 15.2.